The van der Waals surface area contributed by atoms with Gasteiger partial charge < -0.3 is 4.90 Å². The van der Waals surface area contributed by atoms with Crippen LogP contribution in [-0.4, -0.2) is 23.4 Å². The van der Waals surface area contributed by atoms with Crippen LogP contribution < -0.4 is 5.32 Å². The monoisotopic (exact) mass is 286 g/mol. The number of hydrogen-bond acceptors (Lipinski definition) is 2. The Hall–Kier alpha value is -1.35. The zero-order valence-electron chi connectivity index (χ0n) is 13.3. The SMILES string of the molecule is CCC1NC(c2ccccc2)N(CC2(C(C)C)CC2)C1=O. The van der Waals surface area contributed by atoms with Gasteiger partial charge in [0.15, 0.2) is 0 Å². The number of amides is 1. The maximum Gasteiger partial charge on any atom is 0.241 e. The fourth-order valence-electron chi connectivity index (χ4n) is 3.47. The lowest BCUT2D eigenvalue weighted by Crippen LogP contribution is -2.37. The molecule has 1 aromatic rings. The number of rotatable bonds is 5. The van der Waals surface area contributed by atoms with Crippen LogP contribution in [0.3, 0.4) is 0 Å². The first-order valence-electron chi connectivity index (χ1n) is 8.19. The largest absolute Gasteiger partial charge is 0.321 e. The highest BCUT2D eigenvalue weighted by Gasteiger charge is 2.50. The number of nitrogens with zero attached hydrogens (tertiary/aromatic N) is 1. The van der Waals surface area contributed by atoms with Crippen molar-refractivity contribution in [3.63, 3.8) is 0 Å². The summed E-state index contributed by atoms with van der Waals surface area (Å²) >= 11 is 0. The molecule has 2 fully saturated rings. The third-order valence-electron chi connectivity index (χ3n) is 5.38. The molecule has 2 atom stereocenters. The highest BCUT2D eigenvalue weighted by molar-refractivity contribution is 5.84. The molecule has 3 rings (SSSR count). The molecule has 21 heavy (non-hydrogen) atoms. The summed E-state index contributed by atoms with van der Waals surface area (Å²) in [5.74, 6) is 0.917. The maximum absolute atomic E-state index is 12.7. The molecular weight excluding hydrogens is 260 g/mol. The van der Waals surface area contributed by atoms with E-state index < -0.39 is 0 Å². The summed E-state index contributed by atoms with van der Waals surface area (Å²) < 4.78 is 0. The number of benzene rings is 1. The second kappa shape index (κ2) is 5.45. The summed E-state index contributed by atoms with van der Waals surface area (Å²) in [6.45, 7) is 7.55. The molecule has 2 unspecified atom stereocenters. The second-order valence-electron chi connectivity index (χ2n) is 6.92. The summed E-state index contributed by atoms with van der Waals surface area (Å²) in [4.78, 5) is 14.8. The molecule has 0 radical (unpaired) electrons. The summed E-state index contributed by atoms with van der Waals surface area (Å²) in [5.41, 5.74) is 1.55. The third kappa shape index (κ3) is 2.59. The molecular formula is C18H26N2O. The highest BCUT2D eigenvalue weighted by Crippen LogP contribution is 2.53. The number of nitrogens with one attached hydrogen (secondary N) is 1. The molecule has 3 heteroatoms. The van der Waals surface area contributed by atoms with Crippen LogP contribution in [0.5, 0.6) is 0 Å². The molecule has 0 aromatic heterocycles. The average Bonchev–Trinajstić information content (AvgIpc) is 3.21. The lowest BCUT2D eigenvalue weighted by atomic mass is 9.91. The van der Waals surface area contributed by atoms with E-state index in [9.17, 15) is 4.79 Å². The van der Waals surface area contributed by atoms with E-state index in [0.717, 1.165) is 13.0 Å². The highest BCUT2D eigenvalue weighted by atomic mass is 16.2. The molecule has 1 amide bonds. The maximum atomic E-state index is 12.7. The lowest BCUT2D eigenvalue weighted by molar-refractivity contribution is -0.131. The van der Waals surface area contributed by atoms with E-state index >= 15 is 0 Å². The minimum absolute atomic E-state index is 0.0295. The van der Waals surface area contributed by atoms with Crippen molar-refractivity contribution in [1.82, 2.24) is 10.2 Å². The van der Waals surface area contributed by atoms with E-state index in [-0.39, 0.29) is 18.1 Å². The van der Waals surface area contributed by atoms with Gasteiger partial charge >= 0.3 is 0 Å². The Kier molecular flexibility index (Phi) is 3.78. The Labute approximate surface area is 127 Å². The first-order chi connectivity index (χ1) is 10.1. The molecule has 1 aliphatic carbocycles. The molecule has 3 nitrogen and oxygen atoms in total. The lowest BCUT2D eigenvalue weighted by Gasteiger charge is -2.31. The van der Waals surface area contributed by atoms with Crippen molar-refractivity contribution in [2.45, 2.75) is 52.2 Å². The summed E-state index contributed by atoms with van der Waals surface area (Å²) in [7, 11) is 0. The normalized spacial score (nSPS) is 27.4. The Balaban J connectivity index is 1.85. The van der Waals surface area contributed by atoms with Crippen LogP contribution in [0.1, 0.15) is 51.8 Å². The number of carbonyl (C=O) groups is 1. The number of hydrogen-bond donors (Lipinski definition) is 1. The van der Waals surface area contributed by atoms with Gasteiger partial charge in [0.2, 0.25) is 5.91 Å². The van der Waals surface area contributed by atoms with Crippen LogP contribution in [0.2, 0.25) is 0 Å². The Bertz CT molecular complexity index is 507. The Morgan fingerprint density at radius 3 is 2.48 bits per heavy atom. The smallest absolute Gasteiger partial charge is 0.241 e. The first kappa shape index (κ1) is 14.6. The van der Waals surface area contributed by atoms with E-state index in [1.54, 1.807) is 0 Å². The third-order valence-corrected chi connectivity index (χ3v) is 5.38. The zero-order valence-corrected chi connectivity index (χ0v) is 13.3. The molecule has 1 aliphatic heterocycles. The standard InChI is InChI=1S/C18H26N2O/c1-4-15-17(21)20(12-18(10-11-18)13(2)3)16(19-15)14-8-6-5-7-9-14/h5-9,13,15-16,19H,4,10-12H2,1-3H3. The van der Waals surface area contributed by atoms with Gasteiger partial charge in [-0.25, -0.2) is 0 Å². The van der Waals surface area contributed by atoms with Crippen molar-refractivity contribution < 1.29 is 4.79 Å². The summed E-state index contributed by atoms with van der Waals surface area (Å²) in [6, 6.07) is 10.3. The van der Waals surface area contributed by atoms with Gasteiger partial charge in [-0.05, 0) is 36.2 Å². The first-order valence-corrected chi connectivity index (χ1v) is 8.19. The van der Waals surface area contributed by atoms with Gasteiger partial charge in [-0.2, -0.15) is 0 Å². The summed E-state index contributed by atoms with van der Waals surface area (Å²) in [6.07, 6.45) is 3.41. The molecule has 1 saturated heterocycles. The predicted molar refractivity (Wildman–Crippen MR) is 84.6 cm³/mol. The van der Waals surface area contributed by atoms with Crippen LogP contribution in [0.25, 0.3) is 0 Å². The number of carbonyl (C=O) groups excluding carboxylic acids is 1. The minimum atomic E-state index is -0.0295. The van der Waals surface area contributed by atoms with Gasteiger partial charge in [0.05, 0.1) is 6.04 Å². The molecule has 2 aliphatic rings. The molecule has 114 valence electrons. The molecule has 0 spiro atoms. The fourth-order valence-corrected chi connectivity index (χ4v) is 3.47. The van der Waals surface area contributed by atoms with E-state index in [0.29, 0.717) is 11.3 Å². The van der Waals surface area contributed by atoms with Gasteiger partial charge in [0.25, 0.3) is 0 Å². The fraction of sp³-hybridized carbons (Fsp3) is 0.611. The van der Waals surface area contributed by atoms with Gasteiger partial charge in [-0.1, -0.05) is 51.1 Å². The van der Waals surface area contributed by atoms with Gasteiger partial charge in [0.1, 0.15) is 6.17 Å². The van der Waals surface area contributed by atoms with E-state index in [4.69, 9.17) is 0 Å². The zero-order chi connectivity index (χ0) is 15.0. The van der Waals surface area contributed by atoms with Crippen molar-refractivity contribution >= 4 is 5.91 Å². The molecule has 1 N–H and O–H groups in total. The molecule has 0 bridgehead atoms. The average molecular weight is 286 g/mol. The van der Waals surface area contributed by atoms with Crippen LogP contribution >= 0.6 is 0 Å². The van der Waals surface area contributed by atoms with Crippen LogP contribution in [0.15, 0.2) is 30.3 Å². The van der Waals surface area contributed by atoms with Gasteiger partial charge in [0, 0.05) is 6.54 Å². The van der Waals surface area contributed by atoms with Gasteiger partial charge in [-0.15, -0.1) is 0 Å². The topological polar surface area (TPSA) is 32.3 Å². The molecule has 1 aromatic carbocycles. The van der Waals surface area contributed by atoms with Crippen molar-refractivity contribution in [3.8, 4) is 0 Å². The van der Waals surface area contributed by atoms with Crippen molar-refractivity contribution in [2.24, 2.45) is 11.3 Å². The van der Waals surface area contributed by atoms with Crippen LogP contribution in [0.4, 0.5) is 0 Å². The predicted octanol–water partition coefficient (Wildman–Crippen LogP) is 3.33. The van der Waals surface area contributed by atoms with E-state index in [1.165, 1.54) is 18.4 Å². The molecule has 1 saturated carbocycles. The second-order valence-corrected chi connectivity index (χ2v) is 6.92. The quantitative estimate of drug-likeness (QED) is 0.900. The van der Waals surface area contributed by atoms with E-state index in [2.05, 4.69) is 43.1 Å². The summed E-state index contributed by atoms with van der Waals surface area (Å²) in [5, 5.41) is 3.52. The van der Waals surface area contributed by atoms with Crippen LogP contribution in [-0.2, 0) is 4.79 Å². The van der Waals surface area contributed by atoms with Gasteiger partial charge in [-0.3, -0.25) is 10.1 Å². The van der Waals surface area contributed by atoms with E-state index in [1.807, 2.05) is 18.2 Å². The van der Waals surface area contributed by atoms with Crippen LogP contribution in [0, 0.1) is 11.3 Å². The molecule has 1 heterocycles. The minimum Gasteiger partial charge on any atom is -0.321 e. The van der Waals surface area contributed by atoms with Crippen molar-refractivity contribution in [2.75, 3.05) is 6.54 Å². The van der Waals surface area contributed by atoms with Crippen molar-refractivity contribution in [1.29, 1.82) is 0 Å². The Morgan fingerprint density at radius 2 is 1.95 bits per heavy atom. The van der Waals surface area contributed by atoms with Crippen molar-refractivity contribution in [3.05, 3.63) is 35.9 Å². The Morgan fingerprint density at radius 1 is 1.29 bits per heavy atom.